The molecule has 0 fully saturated rings. The van der Waals surface area contributed by atoms with Gasteiger partial charge >= 0.3 is 17.1 Å². The fraction of sp³-hybridized carbons (Fsp3) is 0.364. The van der Waals surface area contributed by atoms with Crippen molar-refractivity contribution in [3.8, 4) is 0 Å². The molecule has 8 bridgehead atoms. The van der Waals surface area contributed by atoms with E-state index in [1.807, 2.05) is 0 Å². The van der Waals surface area contributed by atoms with Crippen LogP contribution in [0.1, 0.15) is 97.4 Å². The maximum absolute atomic E-state index is 5.55. The van der Waals surface area contributed by atoms with Crippen molar-refractivity contribution >= 4 is 46.4 Å². The molecule has 12 nitrogen and oxygen atoms in total. The first kappa shape index (κ1) is 38.4. The summed E-state index contributed by atoms with van der Waals surface area (Å²) in [4.78, 5) is 40.7. The average Bonchev–Trinajstić information content (AvgIpc) is 4.06. The normalized spacial score (nSPS) is 22.2. The third-order valence-electron chi connectivity index (χ3n) is 12.0. The van der Waals surface area contributed by atoms with Gasteiger partial charge in [0, 0.05) is 126 Å². The van der Waals surface area contributed by atoms with Crippen molar-refractivity contribution in [2.75, 3.05) is 54.4 Å². The Morgan fingerprint density at radius 3 is 0.842 bits per heavy atom. The molecule has 4 unspecified atom stereocenters. The van der Waals surface area contributed by atoms with E-state index in [0.717, 1.165) is 93.3 Å². The van der Waals surface area contributed by atoms with Gasteiger partial charge in [-0.05, 0) is 52.0 Å². The SMILES string of the molecule is CCN1C=CN(C)C1c1c2nc(c(C3N(C)C=CN3CC)c3ccc([n-]3)c(C3N(C)C=CN3CC)c3nc(c(C4N(C)C=CN4CC)c4ccc1[n-]4)C=C3)C=C2.[Mn+3]. The topological polar surface area (TPSA) is 79.9 Å². The molecule has 3 aromatic rings. The molecule has 0 radical (unpaired) electrons. The standard InChI is InChI=1S/C44H52N12.Mn/c1-9-53-25-21-49(5)41(53)37-29-13-15-31(45-29)38(42-50(6)22-26-54(42)10-2)33-17-19-35(47-33)40(44-52(8)24-28-56(44)12-4)36-20-18-34(48-36)39(32-16-14-30(37)46-32)43-51(7)23-27-55(43)11-3;/h13-28,41-44H,9-12H2,1-8H3;/q-2;+3. The fourth-order valence-corrected chi connectivity index (χ4v) is 9.17. The van der Waals surface area contributed by atoms with Gasteiger partial charge in [-0.1, -0.05) is 24.3 Å². The predicted molar refractivity (Wildman–Crippen MR) is 225 cm³/mol. The minimum atomic E-state index is -0.0785. The van der Waals surface area contributed by atoms with Gasteiger partial charge in [0.15, 0.2) is 0 Å². The van der Waals surface area contributed by atoms with Gasteiger partial charge in [0.05, 0.1) is 22.8 Å². The van der Waals surface area contributed by atoms with Crippen LogP contribution in [0.5, 0.6) is 0 Å². The molecular formula is C44H52MnN12+. The molecule has 0 aromatic carbocycles. The van der Waals surface area contributed by atoms with Crippen LogP contribution in [0.25, 0.3) is 46.4 Å². The molecule has 0 saturated carbocycles. The minimum absolute atomic E-state index is 0. The Hall–Kier alpha value is -5.52. The summed E-state index contributed by atoms with van der Waals surface area (Å²) in [5.74, 6) is 0. The molecule has 0 aliphatic carbocycles. The summed E-state index contributed by atoms with van der Waals surface area (Å²) in [5, 5.41) is 0. The van der Waals surface area contributed by atoms with Crippen LogP contribution in [-0.2, 0) is 17.1 Å². The number of nitrogens with zero attached hydrogens (tertiary/aromatic N) is 12. The molecule has 294 valence electrons. The zero-order valence-electron chi connectivity index (χ0n) is 34.1. The number of hydrogen-bond acceptors (Lipinski definition) is 10. The third-order valence-corrected chi connectivity index (χ3v) is 12.0. The molecular weight excluding hydrogens is 752 g/mol. The first-order valence-corrected chi connectivity index (χ1v) is 19.9. The molecule has 0 spiro atoms. The first-order chi connectivity index (χ1) is 27.2. The van der Waals surface area contributed by atoms with Gasteiger partial charge in [0.1, 0.15) is 24.7 Å². The van der Waals surface area contributed by atoms with Gasteiger partial charge in [-0.3, -0.25) is 0 Å². The molecule has 6 aliphatic rings. The number of fused-ring (bicyclic) bond motifs is 8. The van der Waals surface area contributed by atoms with E-state index in [-0.39, 0.29) is 41.7 Å². The molecule has 0 saturated heterocycles. The van der Waals surface area contributed by atoms with Crippen molar-refractivity contribution < 1.29 is 17.1 Å². The van der Waals surface area contributed by atoms with Crippen LogP contribution in [0, 0.1) is 0 Å². The second kappa shape index (κ2) is 15.1. The summed E-state index contributed by atoms with van der Waals surface area (Å²) in [7, 11) is 8.55. The third kappa shape index (κ3) is 6.19. The van der Waals surface area contributed by atoms with Crippen LogP contribution in [-0.4, -0.2) is 104 Å². The van der Waals surface area contributed by atoms with Gasteiger partial charge in [-0.15, -0.1) is 22.1 Å². The van der Waals surface area contributed by atoms with E-state index < -0.39 is 0 Å². The molecule has 6 aliphatic heterocycles. The van der Waals surface area contributed by atoms with Crippen LogP contribution in [0.4, 0.5) is 0 Å². The number of rotatable bonds is 8. The smallest absolute Gasteiger partial charge is 0.657 e. The molecule has 0 N–H and O–H groups in total. The molecule has 57 heavy (non-hydrogen) atoms. The summed E-state index contributed by atoms with van der Waals surface area (Å²) in [6.45, 7) is 12.2. The van der Waals surface area contributed by atoms with E-state index in [1.54, 1.807) is 0 Å². The van der Waals surface area contributed by atoms with Crippen molar-refractivity contribution in [3.63, 3.8) is 0 Å². The van der Waals surface area contributed by atoms with Crippen molar-refractivity contribution in [1.82, 2.24) is 59.1 Å². The van der Waals surface area contributed by atoms with Crippen LogP contribution in [0.2, 0.25) is 0 Å². The Balaban J connectivity index is 0.00000455. The monoisotopic (exact) mass is 803 g/mol. The summed E-state index contributed by atoms with van der Waals surface area (Å²) in [6, 6.07) is 8.72. The van der Waals surface area contributed by atoms with E-state index in [2.05, 4.69) is 193 Å². The Bertz CT molecular complexity index is 2070. The van der Waals surface area contributed by atoms with E-state index >= 15 is 0 Å². The molecule has 4 atom stereocenters. The van der Waals surface area contributed by atoms with Gasteiger partial charge in [0.2, 0.25) is 0 Å². The number of aromatic nitrogens is 4. The summed E-state index contributed by atoms with van der Waals surface area (Å²) >= 11 is 0. The summed E-state index contributed by atoms with van der Waals surface area (Å²) in [6.07, 6.45) is 25.7. The van der Waals surface area contributed by atoms with E-state index in [4.69, 9.17) is 19.9 Å². The minimum Gasteiger partial charge on any atom is -0.657 e. The van der Waals surface area contributed by atoms with Gasteiger partial charge in [-0.25, -0.2) is 9.97 Å². The van der Waals surface area contributed by atoms with E-state index in [1.165, 1.54) is 0 Å². The van der Waals surface area contributed by atoms with Crippen LogP contribution in [0.3, 0.4) is 0 Å². The molecule has 3 aromatic heterocycles. The van der Waals surface area contributed by atoms with Crippen LogP contribution in [0.15, 0.2) is 73.9 Å². The Kier molecular flexibility index (Phi) is 10.2. The number of hydrogen-bond donors (Lipinski definition) is 0. The van der Waals surface area contributed by atoms with Crippen molar-refractivity contribution in [1.29, 1.82) is 0 Å². The van der Waals surface area contributed by atoms with Crippen molar-refractivity contribution in [3.05, 3.63) is 119 Å². The largest absolute Gasteiger partial charge is 3.00 e. The van der Waals surface area contributed by atoms with Crippen LogP contribution >= 0.6 is 0 Å². The second-order valence-corrected chi connectivity index (χ2v) is 15.2. The second-order valence-electron chi connectivity index (χ2n) is 15.2. The average molecular weight is 804 g/mol. The fourth-order valence-electron chi connectivity index (χ4n) is 9.17. The Morgan fingerprint density at radius 1 is 0.404 bits per heavy atom. The Labute approximate surface area is 346 Å². The quantitative estimate of drug-likeness (QED) is 0.154. The maximum atomic E-state index is 5.55. The summed E-state index contributed by atoms with van der Waals surface area (Å²) in [5.41, 5.74) is 11.5. The zero-order valence-corrected chi connectivity index (χ0v) is 35.3. The molecule has 0 amide bonds. The van der Waals surface area contributed by atoms with Crippen LogP contribution < -0.4 is 9.97 Å². The molecule has 9 heterocycles. The predicted octanol–water partition coefficient (Wildman–Crippen LogP) is 6.86. The van der Waals surface area contributed by atoms with Gasteiger partial charge in [0.25, 0.3) is 0 Å². The van der Waals surface area contributed by atoms with Gasteiger partial charge in [-0.2, -0.15) is 0 Å². The Morgan fingerprint density at radius 2 is 0.632 bits per heavy atom. The van der Waals surface area contributed by atoms with Crippen molar-refractivity contribution in [2.45, 2.75) is 52.4 Å². The zero-order chi connectivity index (χ0) is 38.8. The first-order valence-electron chi connectivity index (χ1n) is 19.9. The molecule has 9 rings (SSSR count). The van der Waals surface area contributed by atoms with Crippen molar-refractivity contribution in [2.24, 2.45) is 0 Å². The van der Waals surface area contributed by atoms with E-state index in [9.17, 15) is 0 Å². The van der Waals surface area contributed by atoms with Gasteiger partial charge < -0.3 is 49.2 Å². The molecule has 13 heteroatoms. The maximum Gasteiger partial charge on any atom is 3.00 e. The van der Waals surface area contributed by atoms with E-state index in [0.29, 0.717) is 0 Å². The summed E-state index contributed by atoms with van der Waals surface area (Å²) < 4.78 is 0.